The highest BCUT2D eigenvalue weighted by Gasteiger charge is 2.30. The first-order chi connectivity index (χ1) is 12.8. The van der Waals surface area contributed by atoms with Crippen LogP contribution in [0.1, 0.15) is 5.56 Å². The summed E-state index contributed by atoms with van der Waals surface area (Å²) in [4.78, 5) is 7.23. The highest BCUT2D eigenvalue weighted by molar-refractivity contribution is 14.0. The first-order valence-corrected chi connectivity index (χ1v) is 7.98. The monoisotopic (exact) mass is 508 g/mol. The van der Waals surface area contributed by atoms with E-state index in [1.54, 1.807) is 12.3 Å². The Morgan fingerprint density at radius 3 is 2.54 bits per heavy atom. The maximum absolute atomic E-state index is 13.4. The van der Waals surface area contributed by atoms with Crippen molar-refractivity contribution in [2.45, 2.75) is 12.8 Å². The quantitative estimate of drug-likeness (QED) is 0.201. The highest BCUT2D eigenvalue weighted by Crippen LogP contribution is 2.24. The number of ether oxygens (including phenoxy) is 1. The van der Waals surface area contributed by atoms with E-state index in [4.69, 9.17) is 5.73 Å². The Bertz CT molecular complexity index is 954. The number of aromatic amines is 1. The van der Waals surface area contributed by atoms with Crippen LogP contribution in [0.15, 0.2) is 53.7 Å². The molecule has 4 N–H and O–H groups in total. The number of aromatic nitrogens is 1. The van der Waals surface area contributed by atoms with Gasteiger partial charge < -0.3 is 20.8 Å². The average molecular weight is 508 g/mol. The van der Waals surface area contributed by atoms with Gasteiger partial charge >= 0.3 is 6.36 Å². The second kappa shape index (κ2) is 9.13. The van der Waals surface area contributed by atoms with Gasteiger partial charge in [0.25, 0.3) is 0 Å². The van der Waals surface area contributed by atoms with Gasteiger partial charge in [-0.2, -0.15) is 0 Å². The fraction of sp³-hybridized carbons (Fsp3) is 0.167. The minimum absolute atomic E-state index is 0. The van der Waals surface area contributed by atoms with Crippen molar-refractivity contribution in [3.63, 3.8) is 0 Å². The number of fused-ring (bicyclic) bond motifs is 1. The van der Waals surface area contributed by atoms with Crippen LogP contribution in [-0.4, -0.2) is 23.9 Å². The summed E-state index contributed by atoms with van der Waals surface area (Å²) in [6.45, 7) is 0.359. The number of alkyl halides is 3. The molecule has 5 nitrogen and oxygen atoms in total. The molecule has 150 valence electrons. The summed E-state index contributed by atoms with van der Waals surface area (Å²) < 4.78 is 53.5. The Balaban J connectivity index is 0.00000280. The molecular weight excluding hydrogens is 491 g/mol. The molecule has 0 fully saturated rings. The summed E-state index contributed by atoms with van der Waals surface area (Å²) in [6, 6.07) is 9.63. The van der Waals surface area contributed by atoms with E-state index in [1.165, 1.54) is 36.4 Å². The molecular formula is C18H17F4IN4O. The topological polar surface area (TPSA) is 75.4 Å². The summed E-state index contributed by atoms with van der Waals surface area (Å²) in [6.07, 6.45) is -2.40. The van der Waals surface area contributed by atoms with Gasteiger partial charge in [0.1, 0.15) is 11.6 Å². The number of rotatable bonds is 5. The first kappa shape index (κ1) is 21.8. The Morgan fingerprint density at radius 2 is 1.86 bits per heavy atom. The number of H-pyrrole nitrogens is 1. The van der Waals surface area contributed by atoms with Gasteiger partial charge in [0.05, 0.1) is 0 Å². The van der Waals surface area contributed by atoms with Crippen molar-refractivity contribution in [3.05, 3.63) is 60.0 Å². The number of nitrogens with two attached hydrogens (primary N) is 1. The van der Waals surface area contributed by atoms with Crippen molar-refractivity contribution in [1.82, 2.24) is 4.98 Å². The molecule has 1 aromatic heterocycles. The Morgan fingerprint density at radius 1 is 1.14 bits per heavy atom. The molecule has 0 aliphatic heterocycles. The number of nitrogens with zero attached hydrogens (tertiary/aromatic N) is 1. The summed E-state index contributed by atoms with van der Waals surface area (Å²) in [7, 11) is 0. The van der Waals surface area contributed by atoms with E-state index in [0.717, 1.165) is 16.5 Å². The van der Waals surface area contributed by atoms with E-state index in [2.05, 4.69) is 20.0 Å². The van der Waals surface area contributed by atoms with Gasteiger partial charge in [-0.25, -0.2) is 4.39 Å². The number of hydrogen-bond acceptors (Lipinski definition) is 2. The molecule has 0 unspecified atom stereocenters. The predicted molar refractivity (Wildman–Crippen MR) is 111 cm³/mol. The zero-order chi connectivity index (χ0) is 19.4. The molecule has 0 aliphatic rings. The van der Waals surface area contributed by atoms with E-state index >= 15 is 0 Å². The van der Waals surface area contributed by atoms with E-state index in [0.29, 0.717) is 18.7 Å². The number of hydrogen-bond donors (Lipinski definition) is 3. The lowest BCUT2D eigenvalue weighted by Crippen LogP contribution is -2.23. The first-order valence-electron chi connectivity index (χ1n) is 7.98. The SMILES string of the molecule is I.NC(=NCCc1c[nH]c2ccc(F)cc12)Nc1ccc(OC(F)(F)F)cc1. The molecule has 0 amide bonds. The summed E-state index contributed by atoms with van der Waals surface area (Å²) >= 11 is 0. The standard InChI is InChI=1S/C18H16F4N4O.HI/c19-12-1-6-16-15(9-12)11(10-25-16)7-8-24-17(23)26-13-2-4-14(5-3-13)27-18(20,21)22;/h1-6,9-10,25H,7-8H2,(H3,23,24,26);1H. The van der Waals surface area contributed by atoms with E-state index in [9.17, 15) is 17.6 Å². The van der Waals surface area contributed by atoms with Crippen molar-refractivity contribution in [1.29, 1.82) is 0 Å². The maximum Gasteiger partial charge on any atom is 0.573 e. The van der Waals surface area contributed by atoms with Crippen LogP contribution in [0.4, 0.5) is 23.2 Å². The number of guanidine groups is 1. The molecule has 0 atom stereocenters. The van der Waals surface area contributed by atoms with Crippen LogP contribution in [-0.2, 0) is 6.42 Å². The largest absolute Gasteiger partial charge is 0.573 e. The molecule has 1 heterocycles. The van der Waals surface area contributed by atoms with Gasteiger partial charge in [-0.05, 0) is 54.4 Å². The number of benzene rings is 2. The fourth-order valence-electron chi connectivity index (χ4n) is 2.58. The molecule has 0 saturated heterocycles. The second-order valence-corrected chi connectivity index (χ2v) is 5.72. The third-order valence-electron chi connectivity index (χ3n) is 3.75. The fourth-order valence-corrected chi connectivity index (χ4v) is 2.58. The van der Waals surface area contributed by atoms with Crippen molar-refractivity contribution in [2.75, 3.05) is 11.9 Å². The second-order valence-electron chi connectivity index (χ2n) is 5.72. The van der Waals surface area contributed by atoms with Crippen molar-refractivity contribution >= 4 is 46.5 Å². The van der Waals surface area contributed by atoms with Crippen LogP contribution in [0.5, 0.6) is 5.75 Å². The lowest BCUT2D eigenvalue weighted by atomic mass is 10.1. The zero-order valence-corrected chi connectivity index (χ0v) is 16.7. The lowest BCUT2D eigenvalue weighted by Gasteiger charge is -2.10. The summed E-state index contributed by atoms with van der Waals surface area (Å²) in [5.74, 6) is -0.522. The van der Waals surface area contributed by atoms with Crippen LogP contribution < -0.4 is 15.8 Å². The van der Waals surface area contributed by atoms with E-state index < -0.39 is 6.36 Å². The van der Waals surface area contributed by atoms with Crippen molar-refractivity contribution < 1.29 is 22.3 Å². The van der Waals surface area contributed by atoms with Crippen LogP contribution in [0, 0.1) is 5.82 Å². The Labute approximate surface area is 175 Å². The van der Waals surface area contributed by atoms with Gasteiger partial charge in [-0.3, -0.25) is 4.99 Å². The van der Waals surface area contributed by atoms with Crippen LogP contribution in [0.25, 0.3) is 10.9 Å². The van der Waals surface area contributed by atoms with E-state index in [-0.39, 0.29) is 41.5 Å². The van der Waals surface area contributed by atoms with Crippen LogP contribution in [0.3, 0.4) is 0 Å². The summed E-state index contributed by atoms with van der Waals surface area (Å²) in [5.41, 5.74) is 8.00. The number of aliphatic imine (C=N–C) groups is 1. The van der Waals surface area contributed by atoms with Crippen LogP contribution >= 0.6 is 24.0 Å². The lowest BCUT2D eigenvalue weighted by molar-refractivity contribution is -0.274. The van der Waals surface area contributed by atoms with Gasteiger partial charge in [-0.1, -0.05) is 0 Å². The van der Waals surface area contributed by atoms with Crippen molar-refractivity contribution in [3.8, 4) is 5.75 Å². The third-order valence-corrected chi connectivity index (χ3v) is 3.75. The number of anilines is 1. The van der Waals surface area contributed by atoms with Gasteiger partial charge in [0.15, 0.2) is 5.96 Å². The molecule has 0 saturated carbocycles. The molecule has 0 radical (unpaired) electrons. The highest BCUT2D eigenvalue weighted by atomic mass is 127. The molecule has 0 bridgehead atoms. The summed E-state index contributed by atoms with van der Waals surface area (Å²) in [5, 5.41) is 3.57. The van der Waals surface area contributed by atoms with E-state index in [1.807, 2.05) is 0 Å². The molecule has 2 aromatic carbocycles. The number of halogens is 5. The number of nitrogens with one attached hydrogen (secondary N) is 2. The molecule has 10 heteroatoms. The van der Waals surface area contributed by atoms with Gasteiger partial charge in [0.2, 0.25) is 0 Å². The third kappa shape index (κ3) is 6.01. The van der Waals surface area contributed by atoms with Crippen molar-refractivity contribution in [2.24, 2.45) is 10.7 Å². The molecule has 3 rings (SSSR count). The van der Waals surface area contributed by atoms with Gasteiger partial charge in [0, 0.05) is 29.3 Å². The Hall–Kier alpha value is -2.50. The molecule has 0 spiro atoms. The van der Waals surface area contributed by atoms with Gasteiger partial charge in [-0.15, -0.1) is 37.1 Å². The minimum atomic E-state index is -4.74. The predicted octanol–water partition coefficient (Wildman–Crippen LogP) is 4.79. The maximum atomic E-state index is 13.4. The molecule has 3 aromatic rings. The Kier molecular flexibility index (Phi) is 7.11. The minimum Gasteiger partial charge on any atom is -0.406 e. The molecule has 0 aliphatic carbocycles. The molecule has 28 heavy (non-hydrogen) atoms. The smallest absolute Gasteiger partial charge is 0.406 e. The normalized spacial score (nSPS) is 11.9. The average Bonchev–Trinajstić information content (AvgIpc) is 2.98. The zero-order valence-electron chi connectivity index (χ0n) is 14.4. The van der Waals surface area contributed by atoms with Crippen LogP contribution in [0.2, 0.25) is 0 Å².